The van der Waals surface area contributed by atoms with Gasteiger partial charge >= 0.3 is 6.18 Å². The maximum atomic E-state index is 13.0. The predicted molar refractivity (Wildman–Crippen MR) is 115 cm³/mol. The maximum Gasteiger partial charge on any atom is 0.433 e. The minimum Gasteiger partial charge on any atom is -0.386 e. The number of aromatic nitrogens is 2. The van der Waals surface area contributed by atoms with Gasteiger partial charge in [0.05, 0.1) is 17.3 Å². The van der Waals surface area contributed by atoms with Gasteiger partial charge in [-0.05, 0) is 74.7 Å². The Kier molecular flexibility index (Phi) is 6.37. The number of rotatable bonds is 5. The number of carbonyl (C=O) groups is 1. The Balaban J connectivity index is 1.89. The Morgan fingerprint density at radius 2 is 1.75 bits per heavy atom. The lowest BCUT2D eigenvalue weighted by Crippen LogP contribution is -2.27. The molecule has 168 valence electrons. The highest BCUT2D eigenvalue weighted by Crippen LogP contribution is 2.29. The summed E-state index contributed by atoms with van der Waals surface area (Å²) >= 11 is 0. The van der Waals surface area contributed by atoms with E-state index in [4.69, 9.17) is 0 Å². The third-order valence-electron chi connectivity index (χ3n) is 5.03. The van der Waals surface area contributed by atoms with Gasteiger partial charge in [-0.15, -0.1) is 0 Å². The van der Waals surface area contributed by atoms with Gasteiger partial charge in [0.2, 0.25) is 0 Å². The monoisotopic (exact) mass is 443 g/mol. The van der Waals surface area contributed by atoms with E-state index in [1.807, 2.05) is 19.1 Å². The largest absolute Gasteiger partial charge is 0.433 e. The summed E-state index contributed by atoms with van der Waals surface area (Å²) in [6.07, 6.45) is -1.71. The van der Waals surface area contributed by atoms with E-state index in [0.29, 0.717) is 27.9 Å². The SMILES string of the molecule is Cc1ccc(-c2cc(C(=O)N[C@H](C)c3ccc(C(F)(F)F)nc3)cc(C(C)(C)O)c2)nc1. The second-order valence-electron chi connectivity index (χ2n) is 8.25. The Bertz CT molecular complexity index is 1100. The second-order valence-corrected chi connectivity index (χ2v) is 8.25. The van der Waals surface area contributed by atoms with Crippen molar-refractivity contribution in [2.75, 3.05) is 0 Å². The van der Waals surface area contributed by atoms with Gasteiger partial charge in [-0.2, -0.15) is 13.2 Å². The van der Waals surface area contributed by atoms with Crippen LogP contribution in [0.4, 0.5) is 13.2 Å². The summed E-state index contributed by atoms with van der Waals surface area (Å²) in [5.41, 5.74) is 1.38. The van der Waals surface area contributed by atoms with Crippen molar-refractivity contribution in [1.29, 1.82) is 0 Å². The first-order valence-electron chi connectivity index (χ1n) is 9.99. The Hall–Kier alpha value is -3.26. The van der Waals surface area contributed by atoms with E-state index < -0.39 is 29.4 Å². The van der Waals surface area contributed by atoms with E-state index in [9.17, 15) is 23.1 Å². The van der Waals surface area contributed by atoms with Crippen LogP contribution in [0.2, 0.25) is 0 Å². The standard InChI is InChI=1S/C24H24F3N3O2/c1-14-5-7-20(28-12-14)17-9-18(11-19(10-17)23(3,4)32)22(31)30-15(2)16-6-8-21(29-13-16)24(25,26)27/h5-13,15,32H,1-4H3,(H,30,31)/t15-/m1/s1. The Labute approximate surface area is 184 Å². The van der Waals surface area contributed by atoms with Crippen molar-refractivity contribution in [3.05, 3.63) is 82.8 Å². The zero-order valence-corrected chi connectivity index (χ0v) is 18.2. The molecule has 8 heteroatoms. The van der Waals surface area contributed by atoms with Crippen LogP contribution in [0.3, 0.4) is 0 Å². The smallest absolute Gasteiger partial charge is 0.386 e. The van der Waals surface area contributed by atoms with Crippen molar-refractivity contribution in [2.24, 2.45) is 0 Å². The third kappa shape index (κ3) is 5.50. The molecule has 0 saturated heterocycles. The molecule has 0 saturated carbocycles. The van der Waals surface area contributed by atoms with Gasteiger partial charge in [-0.3, -0.25) is 14.8 Å². The molecule has 1 atom stereocenters. The molecule has 2 heterocycles. The molecule has 2 N–H and O–H groups in total. The van der Waals surface area contributed by atoms with E-state index in [2.05, 4.69) is 15.3 Å². The molecule has 3 aromatic rings. The molecule has 1 amide bonds. The highest BCUT2D eigenvalue weighted by atomic mass is 19.4. The fourth-order valence-electron chi connectivity index (χ4n) is 3.09. The number of hydrogen-bond donors (Lipinski definition) is 2. The van der Waals surface area contributed by atoms with Crippen molar-refractivity contribution in [3.8, 4) is 11.3 Å². The summed E-state index contributed by atoms with van der Waals surface area (Å²) in [7, 11) is 0. The molecule has 1 aromatic carbocycles. The van der Waals surface area contributed by atoms with Gasteiger partial charge in [0, 0.05) is 23.5 Å². The zero-order valence-electron chi connectivity index (χ0n) is 18.2. The number of nitrogens with zero attached hydrogens (tertiary/aromatic N) is 2. The van der Waals surface area contributed by atoms with Crippen LogP contribution in [-0.4, -0.2) is 21.0 Å². The number of amides is 1. The van der Waals surface area contributed by atoms with Gasteiger partial charge in [0.1, 0.15) is 5.69 Å². The van der Waals surface area contributed by atoms with E-state index in [0.717, 1.165) is 17.8 Å². The highest BCUT2D eigenvalue weighted by Gasteiger charge is 2.32. The average molecular weight is 443 g/mol. The number of alkyl halides is 3. The first-order valence-corrected chi connectivity index (χ1v) is 9.99. The van der Waals surface area contributed by atoms with Crippen LogP contribution in [-0.2, 0) is 11.8 Å². The lowest BCUT2D eigenvalue weighted by atomic mass is 9.92. The van der Waals surface area contributed by atoms with Gasteiger partial charge in [0.15, 0.2) is 0 Å². The van der Waals surface area contributed by atoms with Crippen LogP contribution < -0.4 is 5.32 Å². The molecule has 5 nitrogen and oxygen atoms in total. The van der Waals surface area contributed by atoms with Crippen LogP contribution in [0.1, 0.15) is 59.6 Å². The van der Waals surface area contributed by atoms with Crippen molar-refractivity contribution in [3.63, 3.8) is 0 Å². The van der Waals surface area contributed by atoms with E-state index >= 15 is 0 Å². The summed E-state index contributed by atoms with van der Waals surface area (Å²) in [4.78, 5) is 20.8. The maximum absolute atomic E-state index is 13.0. The summed E-state index contributed by atoms with van der Waals surface area (Å²) in [5.74, 6) is -0.433. The number of halogens is 3. The zero-order chi connectivity index (χ0) is 23.7. The van der Waals surface area contributed by atoms with Crippen LogP contribution in [0, 0.1) is 6.92 Å². The van der Waals surface area contributed by atoms with Crippen molar-refractivity contribution in [1.82, 2.24) is 15.3 Å². The van der Waals surface area contributed by atoms with Crippen LogP contribution in [0.5, 0.6) is 0 Å². The fraction of sp³-hybridized carbons (Fsp3) is 0.292. The van der Waals surface area contributed by atoms with Crippen LogP contribution >= 0.6 is 0 Å². The molecule has 3 rings (SSSR count). The molecule has 0 unspecified atom stereocenters. The lowest BCUT2D eigenvalue weighted by Gasteiger charge is -2.21. The summed E-state index contributed by atoms with van der Waals surface area (Å²) in [6, 6.07) is 10.4. The normalized spacial score (nSPS) is 13.0. The highest BCUT2D eigenvalue weighted by molar-refractivity contribution is 5.96. The van der Waals surface area contributed by atoms with E-state index in [1.54, 1.807) is 45.2 Å². The minimum atomic E-state index is -4.52. The first kappa shape index (κ1) is 23.4. The second kappa shape index (κ2) is 8.70. The number of pyridine rings is 2. The number of nitrogens with one attached hydrogen (secondary N) is 1. The minimum absolute atomic E-state index is 0.300. The fourth-order valence-corrected chi connectivity index (χ4v) is 3.09. The molecule has 0 radical (unpaired) electrons. The molecule has 0 aliphatic carbocycles. The van der Waals surface area contributed by atoms with E-state index in [1.165, 1.54) is 6.07 Å². The molecular weight excluding hydrogens is 419 g/mol. The summed E-state index contributed by atoms with van der Waals surface area (Å²) in [5, 5.41) is 13.3. The van der Waals surface area contributed by atoms with Crippen molar-refractivity contribution in [2.45, 2.75) is 45.5 Å². The first-order chi connectivity index (χ1) is 14.8. The Morgan fingerprint density at radius 1 is 1.03 bits per heavy atom. The molecule has 0 spiro atoms. The van der Waals surface area contributed by atoms with Gasteiger partial charge in [0.25, 0.3) is 5.91 Å². The van der Waals surface area contributed by atoms with Crippen LogP contribution in [0.25, 0.3) is 11.3 Å². The molecule has 32 heavy (non-hydrogen) atoms. The molecular formula is C24H24F3N3O2. The lowest BCUT2D eigenvalue weighted by molar-refractivity contribution is -0.141. The molecule has 0 aliphatic heterocycles. The number of hydrogen-bond acceptors (Lipinski definition) is 4. The molecule has 0 fully saturated rings. The molecule has 2 aromatic heterocycles. The van der Waals surface area contributed by atoms with Crippen LogP contribution in [0.15, 0.2) is 54.9 Å². The average Bonchev–Trinajstić information content (AvgIpc) is 2.72. The third-order valence-corrected chi connectivity index (χ3v) is 5.03. The number of benzene rings is 1. The van der Waals surface area contributed by atoms with Crippen molar-refractivity contribution < 1.29 is 23.1 Å². The predicted octanol–water partition coefficient (Wildman–Crippen LogP) is 5.19. The van der Waals surface area contributed by atoms with Gasteiger partial charge in [-0.1, -0.05) is 12.1 Å². The molecule has 0 aliphatic rings. The quantitative estimate of drug-likeness (QED) is 0.569. The molecule has 0 bridgehead atoms. The number of carbonyl (C=O) groups excluding carboxylic acids is 1. The summed E-state index contributed by atoms with van der Waals surface area (Å²) < 4.78 is 38.2. The number of aryl methyl sites for hydroxylation is 1. The van der Waals surface area contributed by atoms with Gasteiger partial charge < -0.3 is 10.4 Å². The van der Waals surface area contributed by atoms with E-state index in [-0.39, 0.29) is 0 Å². The number of aliphatic hydroxyl groups is 1. The van der Waals surface area contributed by atoms with Crippen molar-refractivity contribution >= 4 is 5.91 Å². The summed E-state index contributed by atoms with van der Waals surface area (Å²) in [6.45, 7) is 6.81. The Morgan fingerprint density at radius 3 is 2.28 bits per heavy atom. The topological polar surface area (TPSA) is 75.1 Å². The van der Waals surface area contributed by atoms with Gasteiger partial charge in [-0.25, -0.2) is 0 Å².